The van der Waals surface area contributed by atoms with Crippen molar-refractivity contribution in [1.82, 2.24) is 15.3 Å². The molecule has 0 spiro atoms. The molecule has 114 valence electrons. The normalized spacial score (nSPS) is 21.3. The predicted octanol–water partition coefficient (Wildman–Crippen LogP) is 2.34. The minimum atomic E-state index is -0.772. The minimum absolute atomic E-state index is 0.243. The monoisotopic (exact) mass is 297 g/mol. The summed E-state index contributed by atoms with van der Waals surface area (Å²) in [5, 5.41) is 12.5. The Bertz CT molecular complexity index is 660. The number of carboxylic acid groups (broad SMARTS) is 1. The lowest BCUT2D eigenvalue weighted by Gasteiger charge is -2.14. The van der Waals surface area contributed by atoms with Crippen molar-refractivity contribution in [3.63, 3.8) is 0 Å². The van der Waals surface area contributed by atoms with E-state index in [1.807, 2.05) is 18.2 Å². The summed E-state index contributed by atoms with van der Waals surface area (Å²) in [6, 6.07) is 5.41. The molecule has 1 saturated carbocycles. The second-order valence-corrected chi connectivity index (χ2v) is 5.90. The lowest BCUT2D eigenvalue weighted by atomic mass is 10.1. The van der Waals surface area contributed by atoms with E-state index in [0.29, 0.717) is 12.5 Å². The van der Waals surface area contributed by atoms with Crippen molar-refractivity contribution < 1.29 is 9.90 Å². The molecule has 2 N–H and O–H groups in total. The van der Waals surface area contributed by atoms with Crippen molar-refractivity contribution in [3.8, 4) is 11.1 Å². The van der Waals surface area contributed by atoms with E-state index in [9.17, 15) is 9.90 Å². The molecular formula is C17H19N3O2. The highest BCUT2D eigenvalue weighted by Gasteiger charge is 2.42. The molecule has 0 aromatic carbocycles. The van der Waals surface area contributed by atoms with E-state index >= 15 is 0 Å². The topological polar surface area (TPSA) is 75.1 Å². The zero-order valence-corrected chi connectivity index (χ0v) is 12.4. The largest absolute Gasteiger partial charge is 0.480 e. The van der Waals surface area contributed by atoms with Crippen LogP contribution in [0.2, 0.25) is 0 Å². The van der Waals surface area contributed by atoms with Crippen LogP contribution in [0.25, 0.3) is 11.1 Å². The van der Waals surface area contributed by atoms with Crippen LogP contribution in [0.15, 0.2) is 43.0 Å². The molecule has 5 nitrogen and oxygen atoms in total. The second kappa shape index (κ2) is 6.23. The van der Waals surface area contributed by atoms with Gasteiger partial charge in [0, 0.05) is 42.5 Å². The van der Waals surface area contributed by atoms with Crippen LogP contribution in [-0.4, -0.2) is 27.1 Å². The van der Waals surface area contributed by atoms with E-state index in [-0.39, 0.29) is 5.92 Å². The highest BCUT2D eigenvalue weighted by Crippen LogP contribution is 2.40. The fourth-order valence-corrected chi connectivity index (χ4v) is 2.74. The molecule has 1 aliphatic carbocycles. The zero-order chi connectivity index (χ0) is 15.5. The number of rotatable bonds is 6. The molecule has 0 bridgehead atoms. The van der Waals surface area contributed by atoms with Gasteiger partial charge in [0.2, 0.25) is 0 Å². The van der Waals surface area contributed by atoms with E-state index < -0.39 is 12.0 Å². The molecule has 3 rings (SSSR count). The van der Waals surface area contributed by atoms with Gasteiger partial charge in [0.05, 0.1) is 0 Å². The third-order valence-electron chi connectivity index (χ3n) is 4.18. The van der Waals surface area contributed by atoms with E-state index in [1.165, 1.54) is 0 Å². The van der Waals surface area contributed by atoms with Crippen molar-refractivity contribution in [2.45, 2.75) is 25.9 Å². The highest BCUT2D eigenvalue weighted by atomic mass is 16.4. The van der Waals surface area contributed by atoms with Crippen molar-refractivity contribution >= 4 is 5.97 Å². The van der Waals surface area contributed by atoms with Crippen LogP contribution in [0.3, 0.4) is 0 Å². The van der Waals surface area contributed by atoms with Crippen LogP contribution in [0.4, 0.5) is 0 Å². The maximum absolute atomic E-state index is 11.3. The number of aliphatic carboxylic acids is 1. The molecule has 2 aromatic heterocycles. The third-order valence-corrected chi connectivity index (χ3v) is 4.18. The van der Waals surface area contributed by atoms with Crippen LogP contribution in [0.5, 0.6) is 0 Å². The van der Waals surface area contributed by atoms with Gasteiger partial charge in [0.25, 0.3) is 0 Å². The molecule has 2 aromatic rings. The first kappa shape index (κ1) is 14.7. The number of hydrogen-bond donors (Lipinski definition) is 2. The summed E-state index contributed by atoms with van der Waals surface area (Å²) in [4.78, 5) is 19.7. The molecule has 22 heavy (non-hydrogen) atoms. The molecule has 0 aliphatic heterocycles. The summed E-state index contributed by atoms with van der Waals surface area (Å²) >= 11 is 0. The van der Waals surface area contributed by atoms with Crippen LogP contribution < -0.4 is 5.32 Å². The second-order valence-electron chi connectivity index (χ2n) is 5.90. The average molecular weight is 297 g/mol. The number of carbonyl (C=O) groups is 1. The zero-order valence-electron chi connectivity index (χ0n) is 12.4. The molecule has 0 radical (unpaired) electrons. The summed E-state index contributed by atoms with van der Waals surface area (Å²) in [6.07, 6.45) is 8.06. The molecular weight excluding hydrogens is 278 g/mol. The van der Waals surface area contributed by atoms with Gasteiger partial charge in [-0.25, -0.2) is 0 Å². The fraction of sp³-hybridized carbons (Fsp3) is 0.353. The lowest BCUT2D eigenvalue weighted by Crippen LogP contribution is -2.38. The molecule has 1 aliphatic rings. The number of aromatic nitrogens is 2. The Morgan fingerprint density at radius 2 is 2.14 bits per heavy atom. The van der Waals surface area contributed by atoms with Crippen LogP contribution in [-0.2, 0) is 11.3 Å². The SMILES string of the molecule is CC1CC1C(NCc1cncc(-c2cccnc2)c1)C(=O)O. The molecule has 1 fully saturated rings. The Balaban J connectivity index is 1.69. The molecule has 0 amide bonds. The van der Waals surface area contributed by atoms with Gasteiger partial charge in [-0.05, 0) is 36.0 Å². The number of hydrogen-bond acceptors (Lipinski definition) is 4. The fourth-order valence-electron chi connectivity index (χ4n) is 2.74. The van der Waals surface area contributed by atoms with E-state index in [1.54, 1.807) is 24.8 Å². The van der Waals surface area contributed by atoms with Crippen molar-refractivity contribution in [3.05, 3.63) is 48.5 Å². The van der Waals surface area contributed by atoms with Crippen LogP contribution in [0.1, 0.15) is 18.9 Å². The first-order chi connectivity index (χ1) is 10.6. The van der Waals surface area contributed by atoms with E-state index in [2.05, 4.69) is 22.2 Å². The number of nitrogens with zero attached hydrogens (tertiary/aromatic N) is 2. The standard InChI is InChI=1S/C17H19N3O2/c1-11-5-15(11)16(17(21)22)20-8-12-6-14(10-19-7-12)13-3-2-4-18-9-13/h2-4,6-7,9-11,15-16,20H,5,8H2,1H3,(H,21,22). The first-order valence-electron chi connectivity index (χ1n) is 7.45. The summed E-state index contributed by atoms with van der Waals surface area (Å²) in [5.74, 6) is -0.0360. The van der Waals surface area contributed by atoms with Gasteiger partial charge < -0.3 is 5.11 Å². The summed E-state index contributed by atoms with van der Waals surface area (Å²) in [7, 11) is 0. The molecule has 5 heteroatoms. The van der Waals surface area contributed by atoms with Crippen LogP contribution in [0, 0.1) is 11.8 Å². The van der Waals surface area contributed by atoms with E-state index in [4.69, 9.17) is 0 Å². The van der Waals surface area contributed by atoms with Crippen molar-refractivity contribution in [2.75, 3.05) is 0 Å². The maximum Gasteiger partial charge on any atom is 0.321 e. The van der Waals surface area contributed by atoms with Gasteiger partial charge in [-0.1, -0.05) is 13.0 Å². The first-order valence-corrected chi connectivity index (χ1v) is 7.45. The number of carboxylic acids is 1. The third kappa shape index (κ3) is 3.31. The lowest BCUT2D eigenvalue weighted by molar-refractivity contribution is -0.140. The number of pyridine rings is 2. The van der Waals surface area contributed by atoms with Crippen molar-refractivity contribution in [1.29, 1.82) is 0 Å². The van der Waals surface area contributed by atoms with Gasteiger partial charge in [-0.15, -0.1) is 0 Å². The minimum Gasteiger partial charge on any atom is -0.480 e. The van der Waals surface area contributed by atoms with Gasteiger partial charge in [-0.2, -0.15) is 0 Å². The summed E-state index contributed by atoms with van der Waals surface area (Å²) in [5.41, 5.74) is 2.96. The Morgan fingerprint density at radius 1 is 1.36 bits per heavy atom. The Morgan fingerprint density at radius 3 is 2.77 bits per heavy atom. The van der Waals surface area contributed by atoms with Gasteiger partial charge in [-0.3, -0.25) is 20.1 Å². The van der Waals surface area contributed by atoms with Gasteiger partial charge >= 0.3 is 5.97 Å². The molecule has 2 heterocycles. The Hall–Kier alpha value is -2.27. The molecule has 3 atom stereocenters. The maximum atomic E-state index is 11.3. The van der Waals surface area contributed by atoms with Crippen molar-refractivity contribution in [2.24, 2.45) is 11.8 Å². The van der Waals surface area contributed by atoms with Gasteiger partial charge in [0.1, 0.15) is 6.04 Å². The highest BCUT2D eigenvalue weighted by molar-refractivity contribution is 5.74. The Kier molecular flexibility index (Phi) is 4.15. The Labute approximate surface area is 129 Å². The summed E-state index contributed by atoms with van der Waals surface area (Å²) in [6.45, 7) is 2.59. The smallest absolute Gasteiger partial charge is 0.321 e. The average Bonchev–Trinajstić information content (AvgIpc) is 3.25. The quantitative estimate of drug-likeness (QED) is 0.856. The van der Waals surface area contributed by atoms with Gasteiger partial charge in [0.15, 0.2) is 0 Å². The number of nitrogens with one attached hydrogen (secondary N) is 1. The molecule has 3 unspecified atom stereocenters. The van der Waals surface area contributed by atoms with Crippen LogP contribution >= 0.6 is 0 Å². The summed E-state index contributed by atoms with van der Waals surface area (Å²) < 4.78 is 0. The molecule has 0 saturated heterocycles. The van der Waals surface area contributed by atoms with E-state index in [0.717, 1.165) is 23.1 Å². The predicted molar refractivity (Wildman–Crippen MR) is 83.0 cm³/mol.